The van der Waals surface area contributed by atoms with Crippen molar-refractivity contribution in [3.05, 3.63) is 77.9 Å². The number of benzene rings is 3. The average Bonchev–Trinajstić information content (AvgIpc) is 3.06. The third kappa shape index (κ3) is 3.11. The Hall–Kier alpha value is -3.27. The van der Waals surface area contributed by atoms with Crippen LogP contribution in [-0.2, 0) is 6.54 Å². The van der Waals surface area contributed by atoms with Crippen LogP contribution in [0.25, 0.3) is 21.8 Å². The molecule has 0 fully saturated rings. The van der Waals surface area contributed by atoms with Gasteiger partial charge in [-0.05, 0) is 61.9 Å². The lowest BCUT2D eigenvalue weighted by atomic mass is 10.0. The number of methoxy groups -OCH3 is 1. The molecule has 0 aliphatic rings. The minimum absolute atomic E-state index is 0.0914. The third-order valence-electron chi connectivity index (χ3n) is 5.31. The standard InChI is InChI=1S/C24H24N2O2/c1-4-26-22-8-6-5-7-20(22)21-15-18(11-14-23(21)26)16(2)25-24(27)17-9-12-19(28-3)13-10-17/h5-16H,4H2,1-3H3,(H,25,27)/t16-/m0/s1. The molecule has 3 aromatic carbocycles. The van der Waals surface area contributed by atoms with E-state index in [0.717, 1.165) is 17.9 Å². The fourth-order valence-electron chi connectivity index (χ4n) is 3.79. The number of ether oxygens (including phenoxy) is 1. The summed E-state index contributed by atoms with van der Waals surface area (Å²) >= 11 is 0. The largest absolute Gasteiger partial charge is 0.497 e. The number of hydrogen-bond donors (Lipinski definition) is 1. The third-order valence-corrected chi connectivity index (χ3v) is 5.31. The molecule has 4 nitrogen and oxygen atoms in total. The minimum Gasteiger partial charge on any atom is -0.497 e. The molecule has 1 amide bonds. The predicted octanol–water partition coefficient (Wildman–Crippen LogP) is 5.31. The number of amides is 1. The van der Waals surface area contributed by atoms with E-state index in [1.165, 1.54) is 21.8 Å². The van der Waals surface area contributed by atoms with Crippen molar-refractivity contribution in [1.82, 2.24) is 9.88 Å². The normalized spacial score (nSPS) is 12.2. The zero-order valence-electron chi connectivity index (χ0n) is 16.4. The molecular weight excluding hydrogens is 348 g/mol. The predicted molar refractivity (Wildman–Crippen MR) is 114 cm³/mol. The molecule has 4 rings (SSSR count). The number of aromatic nitrogens is 1. The van der Waals surface area contributed by atoms with E-state index < -0.39 is 0 Å². The van der Waals surface area contributed by atoms with Crippen LogP contribution in [0.4, 0.5) is 0 Å². The van der Waals surface area contributed by atoms with E-state index in [1.54, 1.807) is 31.4 Å². The zero-order valence-corrected chi connectivity index (χ0v) is 16.4. The Morgan fingerprint density at radius 3 is 2.43 bits per heavy atom. The Morgan fingerprint density at radius 1 is 1.00 bits per heavy atom. The van der Waals surface area contributed by atoms with Crippen LogP contribution in [0, 0.1) is 0 Å². The van der Waals surface area contributed by atoms with Crippen molar-refractivity contribution in [2.24, 2.45) is 0 Å². The second kappa shape index (κ2) is 7.39. The lowest BCUT2D eigenvalue weighted by Gasteiger charge is -2.15. The van der Waals surface area contributed by atoms with E-state index in [9.17, 15) is 4.79 Å². The van der Waals surface area contributed by atoms with Gasteiger partial charge in [-0.1, -0.05) is 24.3 Å². The molecule has 0 bridgehead atoms. The fourth-order valence-corrected chi connectivity index (χ4v) is 3.79. The quantitative estimate of drug-likeness (QED) is 0.516. The monoisotopic (exact) mass is 372 g/mol. The van der Waals surface area contributed by atoms with Crippen LogP contribution >= 0.6 is 0 Å². The maximum absolute atomic E-state index is 12.6. The van der Waals surface area contributed by atoms with E-state index in [2.05, 4.69) is 59.3 Å². The maximum Gasteiger partial charge on any atom is 0.251 e. The van der Waals surface area contributed by atoms with E-state index >= 15 is 0 Å². The summed E-state index contributed by atoms with van der Waals surface area (Å²) in [5, 5.41) is 5.56. The van der Waals surface area contributed by atoms with Crippen molar-refractivity contribution in [2.75, 3.05) is 7.11 Å². The van der Waals surface area contributed by atoms with Crippen molar-refractivity contribution in [3.8, 4) is 5.75 Å². The highest BCUT2D eigenvalue weighted by Gasteiger charge is 2.15. The topological polar surface area (TPSA) is 43.3 Å². The summed E-state index contributed by atoms with van der Waals surface area (Å²) < 4.78 is 7.48. The van der Waals surface area contributed by atoms with Crippen molar-refractivity contribution >= 4 is 27.7 Å². The van der Waals surface area contributed by atoms with Crippen molar-refractivity contribution in [3.63, 3.8) is 0 Å². The van der Waals surface area contributed by atoms with Crippen LogP contribution in [0.3, 0.4) is 0 Å². The zero-order chi connectivity index (χ0) is 19.7. The fraction of sp³-hybridized carbons (Fsp3) is 0.208. The number of nitrogens with zero attached hydrogens (tertiary/aromatic N) is 1. The van der Waals surface area contributed by atoms with Gasteiger partial charge in [-0.15, -0.1) is 0 Å². The molecule has 0 saturated heterocycles. The summed E-state index contributed by atoms with van der Waals surface area (Å²) in [6.45, 7) is 5.10. The van der Waals surface area contributed by atoms with Gasteiger partial charge in [-0.2, -0.15) is 0 Å². The first-order valence-electron chi connectivity index (χ1n) is 9.58. The first kappa shape index (κ1) is 18.1. The molecule has 1 N–H and O–H groups in total. The molecule has 0 saturated carbocycles. The number of hydrogen-bond acceptors (Lipinski definition) is 2. The molecule has 0 aliphatic carbocycles. The molecule has 28 heavy (non-hydrogen) atoms. The van der Waals surface area contributed by atoms with Gasteiger partial charge in [0.15, 0.2) is 0 Å². The number of rotatable bonds is 5. The van der Waals surface area contributed by atoms with Gasteiger partial charge in [0, 0.05) is 33.9 Å². The molecule has 4 aromatic rings. The highest BCUT2D eigenvalue weighted by molar-refractivity contribution is 6.08. The van der Waals surface area contributed by atoms with Crippen molar-refractivity contribution < 1.29 is 9.53 Å². The van der Waals surface area contributed by atoms with Crippen molar-refractivity contribution in [1.29, 1.82) is 0 Å². The van der Waals surface area contributed by atoms with Crippen LogP contribution in [0.5, 0.6) is 5.75 Å². The van der Waals surface area contributed by atoms with Gasteiger partial charge >= 0.3 is 0 Å². The summed E-state index contributed by atoms with van der Waals surface area (Å²) in [5.41, 5.74) is 4.18. The lowest BCUT2D eigenvalue weighted by Crippen LogP contribution is -2.26. The number of carbonyl (C=O) groups excluding carboxylic acids is 1. The summed E-state index contributed by atoms with van der Waals surface area (Å²) in [7, 11) is 1.61. The van der Waals surface area contributed by atoms with E-state index in [4.69, 9.17) is 4.74 Å². The van der Waals surface area contributed by atoms with Crippen LogP contribution in [0.2, 0.25) is 0 Å². The molecule has 1 atom stereocenters. The van der Waals surface area contributed by atoms with Crippen LogP contribution in [0.1, 0.15) is 35.8 Å². The molecule has 1 aromatic heterocycles. The summed E-state index contributed by atoms with van der Waals surface area (Å²) in [5.74, 6) is 0.647. The minimum atomic E-state index is -0.0947. The number of carbonyl (C=O) groups is 1. The average molecular weight is 372 g/mol. The first-order valence-corrected chi connectivity index (χ1v) is 9.58. The molecule has 0 unspecified atom stereocenters. The molecule has 1 heterocycles. The smallest absolute Gasteiger partial charge is 0.251 e. The lowest BCUT2D eigenvalue weighted by molar-refractivity contribution is 0.0940. The van der Waals surface area contributed by atoms with Crippen LogP contribution in [0.15, 0.2) is 66.7 Å². The molecule has 4 heteroatoms. The molecule has 0 spiro atoms. The highest BCUT2D eigenvalue weighted by Crippen LogP contribution is 2.31. The summed E-state index contributed by atoms with van der Waals surface area (Å²) in [4.78, 5) is 12.6. The second-order valence-electron chi connectivity index (χ2n) is 6.96. The Balaban J connectivity index is 1.64. The van der Waals surface area contributed by atoms with Gasteiger partial charge in [0.1, 0.15) is 5.75 Å². The number of aryl methyl sites for hydroxylation is 1. The first-order chi connectivity index (χ1) is 13.6. The molecule has 0 radical (unpaired) electrons. The summed E-state index contributed by atoms with van der Waals surface area (Å²) in [6, 6.07) is 22.0. The van der Waals surface area contributed by atoms with Crippen molar-refractivity contribution in [2.45, 2.75) is 26.4 Å². The number of para-hydroxylation sites is 1. The highest BCUT2D eigenvalue weighted by atomic mass is 16.5. The van der Waals surface area contributed by atoms with Crippen LogP contribution in [-0.4, -0.2) is 17.6 Å². The van der Waals surface area contributed by atoms with Gasteiger partial charge in [-0.25, -0.2) is 0 Å². The molecular formula is C24H24N2O2. The van der Waals surface area contributed by atoms with Gasteiger partial charge in [-0.3, -0.25) is 4.79 Å². The van der Waals surface area contributed by atoms with E-state index in [0.29, 0.717) is 5.56 Å². The molecule has 0 aliphatic heterocycles. The van der Waals surface area contributed by atoms with Gasteiger partial charge in [0.05, 0.1) is 13.2 Å². The van der Waals surface area contributed by atoms with Crippen LogP contribution < -0.4 is 10.1 Å². The SMILES string of the molecule is CCn1c2ccccc2c2cc([C@H](C)NC(=O)c3ccc(OC)cc3)ccc21. The van der Waals surface area contributed by atoms with E-state index in [-0.39, 0.29) is 11.9 Å². The Kier molecular flexibility index (Phi) is 4.78. The van der Waals surface area contributed by atoms with Gasteiger partial charge < -0.3 is 14.6 Å². The van der Waals surface area contributed by atoms with Gasteiger partial charge in [0.25, 0.3) is 5.91 Å². The van der Waals surface area contributed by atoms with Gasteiger partial charge in [0.2, 0.25) is 0 Å². The number of nitrogens with one attached hydrogen (secondary N) is 1. The summed E-state index contributed by atoms with van der Waals surface area (Å²) in [6.07, 6.45) is 0. The Bertz CT molecular complexity index is 1140. The maximum atomic E-state index is 12.6. The Labute approximate surface area is 164 Å². The number of fused-ring (bicyclic) bond motifs is 3. The second-order valence-corrected chi connectivity index (χ2v) is 6.96. The molecule has 142 valence electrons. The Morgan fingerprint density at radius 2 is 1.71 bits per heavy atom. The van der Waals surface area contributed by atoms with E-state index in [1.807, 2.05) is 6.92 Å².